The molecule has 172 valence electrons. The second-order valence-corrected chi connectivity index (χ2v) is 8.25. The molecule has 0 unspecified atom stereocenters. The van der Waals surface area contributed by atoms with Gasteiger partial charge in [-0.2, -0.15) is 13.2 Å². The van der Waals surface area contributed by atoms with E-state index in [2.05, 4.69) is 14.8 Å². The van der Waals surface area contributed by atoms with Crippen LogP contribution in [0.15, 0.2) is 0 Å². The number of amides is 1. The molecule has 0 aromatic rings. The van der Waals surface area contributed by atoms with Crippen molar-refractivity contribution in [2.45, 2.75) is 86.9 Å². The van der Waals surface area contributed by atoms with Crippen LogP contribution in [0.5, 0.6) is 0 Å². The predicted octanol–water partition coefficient (Wildman–Crippen LogP) is 2.07. The fourth-order valence-electron chi connectivity index (χ4n) is 4.27. The molecule has 2 bridgehead atoms. The van der Waals surface area contributed by atoms with E-state index in [4.69, 9.17) is 10.5 Å². The molecule has 1 atom stereocenters. The first-order valence-electron chi connectivity index (χ1n) is 9.44. The summed E-state index contributed by atoms with van der Waals surface area (Å²) in [6, 6.07) is 0. The summed E-state index contributed by atoms with van der Waals surface area (Å²) in [4.78, 5) is 23.5. The van der Waals surface area contributed by atoms with Gasteiger partial charge >= 0.3 is 18.5 Å². The minimum absolute atomic E-state index is 0.00307. The Morgan fingerprint density at radius 1 is 1.00 bits per heavy atom. The molecule has 0 saturated heterocycles. The van der Waals surface area contributed by atoms with Crippen LogP contribution < -0.4 is 11.1 Å². The van der Waals surface area contributed by atoms with Gasteiger partial charge in [-0.3, -0.25) is 9.53 Å². The summed E-state index contributed by atoms with van der Waals surface area (Å²) >= 11 is 0. The lowest BCUT2D eigenvalue weighted by molar-refractivity contribution is -0.357. The number of nitrogens with one attached hydrogen (secondary N) is 1. The third-order valence-electron chi connectivity index (χ3n) is 6.04. The molecule has 3 N–H and O–H groups in total. The van der Waals surface area contributed by atoms with Crippen molar-refractivity contribution >= 4 is 11.9 Å². The van der Waals surface area contributed by atoms with E-state index in [0.717, 1.165) is 0 Å². The van der Waals surface area contributed by atoms with Crippen LogP contribution in [0, 0.1) is 0 Å². The van der Waals surface area contributed by atoms with Crippen LogP contribution in [0.3, 0.4) is 0 Å². The number of carbonyl (C=O) groups excluding carboxylic acids is 2. The van der Waals surface area contributed by atoms with E-state index in [1.165, 1.54) is 0 Å². The SMILES string of the molecule is NC12CCC(NC(=O)COC3CC(OC(F)(F)F)C3)(CC1)C[C@@H]2OC(=O)C(F)(F)F. The van der Waals surface area contributed by atoms with Gasteiger partial charge < -0.3 is 20.5 Å². The van der Waals surface area contributed by atoms with Gasteiger partial charge in [-0.25, -0.2) is 4.79 Å². The smallest absolute Gasteiger partial charge is 0.454 e. The highest BCUT2D eigenvalue weighted by Gasteiger charge is 2.56. The van der Waals surface area contributed by atoms with E-state index in [9.17, 15) is 35.9 Å². The second-order valence-electron chi connectivity index (χ2n) is 8.25. The second kappa shape index (κ2) is 7.83. The van der Waals surface area contributed by atoms with Gasteiger partial charge in [0, 0.05) is 24.8 Å². The van der Waals surface area contributed by atoms with Crippen LogP contribution in [-0.2, 0) is 23.8 Å². The van der Waals surface area contributed by atoms with Crippen LogP contribution in [0.2, 0.25) is 0 Å². The molecule has 0 aliphatic heterocycles. The van der Waals surface area contributed by atoms with Gasteiger partial charge in [-0.1, -0.05) is 0 Å². The van der Waals surface area contributed by atoms with Crippen LogP contribution in [-0.4, -0.2) is 60.4 Å². The van der Waals surface area contributed by atoms with E-state index in [-0.39, 0.29) is 32.1 Å². The average Bonchev–Trinajstić information content (AvgIpc) is 2.56. The van der Waals surface area contributed by atoms with Crippen molar-refractivity contribution in [1.82, 2.24) is 5.32 Å². The lowest BCUT2D eigenvalue weighted by Gasteiger charge is -2.55. The number of esters is 1. The van der Waals surface area contributed by atoms with Gasteiger partial charge in [0.25, 0.3) is 0 Å². The molecule has 4 rings (SSSR count). The summed E-state index contributed by atoms with van der Waals surface area (Å²) in [5.74, 6) is -2.88. The van der Waals surface area contributed by atoms with E-state index in [1.807, 2.05) is 0 Å². The largest absolute Gasteiger partial charge is 0.522 e. The maximum Gasteiger partial charge on any atom is 0.522 e. The van der Waals surface area contributed by atoms with E-state index < -0.39 is 60.4 Å². The Hall–Kier alpha value is -1.60. The highest BCUT2D eigenvalue weighted by atomic mass is 19.4. The number of fused-ring (bicyclic) bond motifs is 3. The van der Waals surface area contributed by atoms with Crippen LogP contribution in [0.25, 0.3) is 0 Å². The maximum atomic E-state index is 12.5. The Labute approximate surface area is 167 Å². The topological polar surface area (TPSA) is 99.9 Å². The molecular formula is C17H22F6N2O5. The van der Waals surface area contributed by atoms with Gasteiger partial charge in [-0.15, -0.1) is 13.2 Å². The Bertz CT molecular complexity index is 669. The molecule has 0 radical (unpaired) electrons. The fraction of sp³-hybridized carbons (Fsp3) is 0.882. The van der Waals surface area contributed by atoms with Crippen molar-refractivity contribution in [3.8, 4) is 0 Å². The highest BCUT2D eigenvalue weighted by molar-refractivity contribution is 5.78. The molecule has 30 heavy (non-hydrogen) atoms. The summed E-state index contributed by atoms with van der Waals surface area (Å²) in [6.45, 7) is -0.411. The monoisotopic (exact) mass is 448 g/mol. The minimum Gasteiger partial charge on any atom is -0.454 e. The first kappa shape index (κ1) is 23.1. The number of rotatable bonds is 6. The van der Waals surface area contributed by atoms with Crippen molar-refractivity contribution in [3.05, 3.63) is 0 Å². The lowest BCUT2D eigenvalue weighted by Crippen LogP contribution is -2.69. The molecule has 1 amide bonds. The zero-order valence-electron chi connectivity index (χ0n) is 15.8. The molecule has 4 saturated carbocycles. The highest BCUT2D eigenvalue weighted by Crippen LogP contribution is 2.47. The minimum atomic E-state index is -5.15. The standard InChI is InChI=1S/C17H22F6N2O5/c18-16(19,20)13(27)29-11-7-14(1-3-15(11,24)4-2-14)25-12(26)8-28-9-5-10(6-9)30-17(21,22)23/h9-11H,1-8,24H2,(H,25,26)/t9?,10?,11-,14?,15?/m0/s1. The summed E-state index contributed by atoms with van der Waals surface area (Å²) in [5, 5.41) is 2.73. The molecule has 0 spiro atoms. The van der Waals surface area contributed by atoms with Crippen molar-refractivity contribution in [2.75, 3.05) is 6.61 Å². The van der Waals surface area contributed by atoms with Crippen molar-refractivity contribution in [2.24, 2.45) is 5.73 Å². The number of hydrogen-bond donors (Lipinski definition) is 2. The Morgan fingerprint density at radius 3 is 2.13 bits per heavy atom. The average molecular weight is 448 g/mol. The van der Waals surface area contributed by atoms with Gasteiger partial charge in [0.2, 0.25) is 5.91 Å². The molecule has 7 nitrogen and oxygen atoms in total. The zero-order valence-corrected chi connectivity index (χ0v) is 15.8. The van der Waals surface area contributed by atoms with E-state index >= 15 is 0 Å². The van der Waals surface area contributed by atoms with Crippen LogP contribution in [0.1, 0.15) is 44.9 Å². The summed E-state index contributed by atoms with van der Waals surface area (Å²) in [6.07, 6.45) is -11.3. The molecule has 13 heteroatoms. The number of hydrogen-bond acceptors (Lipinski definition) is 6. The number of carbonyl (C=O) groups is 2. The third-order valence-corrected chi connectivity index (χ3v) is 6.04. The summed E-state index contributed by atoms with van der Waals surface area (Å²) < 4.78 is 87.6. The first-order chi connectivity index (χ1) is 13.7. The van der Waals surface area contributed by atoms with Crippen LogP contribution >= 0.6 is 0 Å². The number of halogens is 6. The van der Waals surface area contributed by atoms with E-state index in [0.29, 0.717) is 12.8 Å². The first-order valence-corrected chi connectivity index (χ1v) is 9.44. The van der Waals surface area contributed by atoms with Gasteiger partial charge in [0.15, 0.2) is 0 Å². The van der Waals surface area contributed by atoms with Gasteiger partial charge in [0.05, 0.1) is 17.7 Å². The Balaban J connectivity index is 1.48. The van der Waals surface area contributed by atoms with Crippen molar-refractivity contribution in [3.63, 3.8) is 0 Å². The van der Waals surface area contributed by atoms with Gasteiger partial charge in [0.1, 0.15) is 12.7 Å². The molecule has 0 heterocycles. The number of nitrogens with two attached hydrogens (primary N) is 1. The normalized spacial score (nSPS) is 36.2. The third kappa shape index (κ3) is 5.35. The molecule has 0 aromatic heterocycles. The molecule has 0 aromatic carbocycles. The molecular weight excluding hydrogens is 426 g/mol. The number of alkyl halides is 6. The molecule has 4 fully saturated rings. The van der Waals surface area contributed by atoms with Gasteiger partial charge in [-0.05, 0) is 25.7 Å². The van der Waals surface area contributed by atoms with Crippen LogP contribution in [0.4, 0.5) is 26.3 Å². The maximum absolute atomic E-state index is 12.5. The van der Waals surface area contributed by atoms with E-state index in [1.54, 1.807) is 0 Å². The predicted molar refractivity (Wildman–Crippen MR) is 86.7 cm³/mol. The molecule has 4 aliphatic rings. The summed E-state index contributed by atoms with van der Waals surface area (Å²) in [7, 11) is 0. The lowest BCUT2D eigenvalue weighted by atomic mass is 9.60. The zero-order chi connectivity index (χ0) is 22.4. The van der Waals surface area contributed by atoms with Crippen molar-refractivity contribution < 1.29 is 50.1 Å². The summed E-state index contributed by atoms with van der Waals surface area (Å²) in [5.41, 5.74) is 4.17. The quantitative estimate of drug-likeness (QED) is 0.477. The number of ether oxygens (including phenoxy) is 3. The Morgan fingerprint density at radius 2 is 1.60 bits per heavy atom. The molecule has 4 aliphatic carbocycles. The Kier molecular flexibility index (Phi) is 6.02. The fourth-order valence-corrected chi connectivity index (χ4v) is 4.27. The van der Waals surface area contributed by atoms with Crippen molar-refractivity contribution in [1.29, 1.82) is 0 Å².